The van der Waals surface area contributed by atoms with E-state index < -0.39 is 0 Å². The van der Waals surface area contributed by atoms with Gasteiger partial charge in [-0.1, -0.05) is 37.6 Å². The van der Waals surface area contributed by atoms with Crippen molar-refractivity contribution in [2.75, 3.05) is 6.54 Å². The summed E-state index contributed by atoms with van der Waals surface area (Å²) in [5.41, 5.74) is 8.59. The summed E-state index contributed by atoms with van der Waals surface area (Å²) < 4.78 is 0. The molecule has 1 aliphatic heterocycles. The third kappa shape index (κ3) is 3.10. The van der Waals surface area contributed by atoms with E-state index in [1.54, 1.807) is 0 Å². The zero-order valence-corrected chi connectivity index (χ0v) is 11.1. The minimum Gasteiger partial charge on any atom is -0.338 e. The summed E-state index contributed by atoms with van der Waals surface area (Å²) in [5, 5.41) is 0. The average Bonchev–Trinajstić information content (AvgIpc) is 2.38. The molecule has 2 N–H and O–H groups in total. The van der Waals surface area contributed by atoms with E-state index in [-0.39, 0.29) is 11.9 Å². The van der Waals surface area contributed by atoms with Crippen LogP contribution in [0.4, 0.5) is 0 Å². The molecule has 1 aromatic carbocycles. The molecule has 1 heterocycles. The van der Waals surface area contributed by atoms with E-state index in [9.17, 15) is 4.79 Å². The van der Waals surface area contributed by atoms with Gasteiger partial charge in [0.05, 0.1) is 0 Å². The fourth-order valence-corrected chi connectivity index (χ4v) is 2.53. The number of fused-ring (bicyclic) bond motifs is 1. The molecule has 0 spiro atoms. The van der Waals surface area contributed by atoms with Crippen LogP contribution in [-0.4, -0.2) is 23.4 Å². The largest absolute Gasteiger partial charge is 0.338 e. The molecule has 0 aromatic heterocycles. The maximum atomic E-state index is 12.1. The van der Waals surface area contributed by atoms with Gasteiger partial charge in [-0.05, 0) is 24.0 Å². The number of benzene rings is 1. The second kappa shape index (κ2) is 6.01. The number of rotatable bonds is 4. The first-order valence-corrected chi connectivity index (χ1v) is 6.81. The lowest BCUT2D eigenvalue weighted by Crippen LogP contribution is -2.39. The molecule has 1 aromatic rings. The molecule has 0 bridgehead atoms. The van der Waals surface area contributed by atoms with Crippen LogP contribution in [0.1, 0.15) is 37.3 Å². The maximum Gasteiger partial charge on any atom is 0.224 e. The molecule has 3 nitrogen and oxygen atoms in total. The Kier molecular flexibility index (Phi) is 4.37. The minimum atomic E-state index is 0.0136. The molecule has 0 saturated heterocycles. The van der Waals surface area contributed by atoms with Crippen LogP contribution in [0, 0.1) is 0 Å². The van der Waals surface area contributed by atoms with Crippen LogP contribution in [0.5, 0.6) is 0 Å². The highest BCUT2D eigenvalue weighted by Gasteiger charge is 2.21. The van der Waals surface area contributed by atoms with E-state index in [4.69, 9.17) is 5.73 Å². The Bertz CT molecular complexity index is 417. The summed E-state index contributed by atoms with van der Waals surface area (Å²) in [6, 6.07) is 8.38. The first kappa shape index (κ1) is 13.1. The number of hydrogen-bond acceptors (Lipinski definition) is 2. The number of nitrogens with two attached hydrogens (primary N) is 1. The van der Waals surface area contributed by atoms with Gasteiger partial charge in [-0.3, -0.25) is 4.79 Å². The second-order valence-corrected chi connectivity index (χ2v) is 5.09. The first-order chi connectivity index (χ1) is 8.70. The van der Waals surface area contributed by atoms with Crippen LogP contribution in [0.25, 0.3) is 0 Å². The Hall–Kier alpha value is -1.35. The quantitative estimate of drug-likeness (QED) is 0.884. The van der Waals surface area contributed by atoms with Gasteiger partial charge in [0.25, 0.3) is 0 Å². The third-order valence-corrected chi connectivity index (χ3v) is 3.58. The summed E-state index contributed by atoms with van der Waals surface area (Å²) >= 11 is 0. The van der Waals surface area contributed by atoms with E-state index >= 15 is 0 Å². The van der Waals surface area contributed by atoms with Crippen LogP contribution in [0.3, 0.4) is 0 Å². The lowest BCUT2D eigenvalue weighted by molar-refractivity contribution is -0.132. The van der Waals surface area contributed by atoms with Crippen molar-refractivity contribution in [3.8, 4) is 0 Å². The fourth-order valence-electron chi connectivity index (χ4n) is 2.53. The van der Waals surface area contributed by atoms with E-state index in [2.05, 4.69) is 25.1 Å². The van der Waals surface area contributed by atoms with Gasteiger partial charge in [0.1, 0.15) is 0 Å². The van der Waals surface area contributed by atoms with Crippen molar-refractivity contribution >= 4 is 5.91 Å². The maximum absolute atomic E-state index is 12.1. The molecule has 1 unspecified atom stereocenters. The van der Waals surface area contributed by atoms with Crippen LogP contribution >= 0.6 is 0 Å². The van der Waals surface area contributed by atoms with Gasteiger partial charge in [-0.25, -0.2) is 0 Å². The Morgan fingerprint density at radius 1 is 1.39 bits per heavy atom. The Balaban J connectivity index is 1.94. The zero-order valence-electron chi connectivity index (χ0n) is 11.1. The summed E-state index contributed by atoms with van der Waals surface area (Å²) in [4.78, 5) is 14.1. The predicted octanol–water partition coefficient (Wildman–Crippen LogP) is 2.09. The van der Waals surface area contributed by atoms with Crippen molar-refractivity contribution in [2.45, 2.75) is 45.2 Å². The zero-order chi connectivity index (χ0) is 13.0. The van der Waals surface area contributed by atoms with Crippen molar-refractivity contribution in [2.24, 2.45) is 5.73 Å². The van der Waals surface area contributed by atoms with Crippen molar-refractivity contribution in [1.29, 1.82) is 0 Å². The lowest BCUT2D eigenvalue weighted by Gasteiger charge is -2.29. The van der Waals surface area contributed by atoms with E-state index in [1.165, 1.54) is 11.1 Å². The molecular weight excluding hydrogens is 224 g/mol. The topological polar surface area (TPSA) is 46.3 Å². The van der Waals surface area contributed by atoms with Gasteiger partial charge in [-0.2, -0.15) is 0 Å². The normalized spacial score (nSPS) is 16.2. The van der Waals surface area contributed by atoms with Crippen LogP contribution in [0.2, 0.25) is 0 Å². The number of hydrogen-bond donors (Lipinski definition) is 1. The highest BCUT2D eigenvalue weighted by Crippen LogP contribution is 2.19. The molecular formula is C15H22N2O. The highest BCUT2D eigenvalue weighted by molar-refractivity contribution is 5.77. The summed E-state index contributed by atoms with van der Waals surface area (Å²) in [6.45, 7) is 3.67. The van der Waals surface area contributed by atoms with Gasteiger partial charge in [0.2, 0.25) is 5.91 Å². The predicted molar refractivity (Wildman–Crippen MR) is 73.1 cm³/mol. The molecule has 1 amide bonds. The second-order valence-electron chi connectivity index (χ2n) is 5.09. The van der Waals surface area contributed by atoms with E-state index in [0.29, 0.717) is 6.42 Å². The average molecular weight is 246 g/mol. The van der Waals surface area contributed by atoms with E-state index in [1.807, 2.05) is 11.0 Å². The van der Waals surface area contributed by atoms with Crippen molar-refractivity contribution in [1.82, 2.24) is 4.90 Å². The molecule has 0 aliphatic carbocycles. The smallest absolute Gasteiger partial charge is 0.224 e. The third-order valence-electron chi connectivity index (χ3n) is 3.58. The van der Waals surface area contributed by atoms with Crippen molar-refractivity contribution in [3.05, 3.63) is 35.4 Å². The first-order valence-electron chi connectivity index (χ1n) is 6.81. The lowest BCUT2D eigenvalue weighted by atomic mass is 9.99. The molecule has 1 atom stereocenters. The fraction of sp³-hybridized carbons (Fsp3) is 0.533. The molecule has 3 heteroatoms. The van der Waals surface area contributed by atoms with Gasteiger partial charge < -0.3 is 10.6 Å². The molecule has 0 fully saturated rings. The van der Waals surface area contributed by atoms with Crippen LogP contribution < -0.4 is 5.73 Å². The molecule has 2 rings (SSSR count). The van der Waals surface area contributed by atoms with Crippen LogP contribution in [0.15, 0.2) is 24.3 Å². The van der Waals surface area contributed by atoms with Crippen LogP contribution in [-0.2, 0) is 17.8 Å². The Morgan fingerprint density at radius 2 is 2.11 bits per heavy atom. The SMILES string of the molecule is CCCC(N)CC(=O)N1CCc2ccccc2C1. The van der Waals surface area contributed by atoms with E-state index in [0.717, 1.165) is 32.4 Å². The Morgan fingerprint density at radius 3 is 2.83 bits per heavy atom. The summed E-state index contributed by atoms with van der Waals surface area (Å²) in [7, 11) is 0. The number of amides is 1. The Labute approximate surface area is 109 Å². The van der Waals surface area contributed by atoms with Crippen molar-refractivity contribution < 1.29 is 4.79 Å². The standard InChI is InChI=1S/C15H22N2O/c1-2-5-14(16)10-15(18)17-9-8-12-6-3-4-7-13(12)11-17/h3-4,6-7,14H,2,5,8-11,16H2,1H3. The van der Waals surface area contributed by atoms with Gasteiger partial charge >= 0.3 is 0 Å². The minimum absolute atomic E-state index is 0.0136. The number of carbonyl (C=O) groups is 1. The van der Waals surface area contributed by atoms with Gasteiger partial charge in [-0.15, -0.1) is 0 Å². The molecule has 1 aliphatic rings. The molecule has 98 valence electrons. The number of nitrogens with zero attached hydrogens (tertiary/aromatic N) is 1. The van der Waals surface area contributed by atoms with Gasteiger partial charge in [0, 0.05) is 25.6 Å². The molecule has 0 radical (unpaired) electrons. The van der Waals surface area contributed by atoms with Gasteiger partial charge in [0.15, 0.2) is 0 Å². The highest BCUT2D eigenvalue weighted by atomic mass is 16.2. The summed E-state index contributed by atoms with van der Waals surface area (Å²) in [5.74, 6) is 0.199. The summed E-state index contributed by atoms with van der Waals surface area (Å²) in [6.07, 6.45) is 3.41. The number of carbonyl (C=O) groups excluding carboxylic acids is 1. The monoisotopic (exact) mass is 246 g/mol. The van der Waals surface area contributed by atoms with Crippen molar-refractivity contribution in [3.63, 3.8) is 0 Å². The molecule has 18 heavy (non-hydrogen) atoms. The molecule has 0 saturated carbocycles.